The molecule has 1 rings (SSSR count). The van der Waals surface area contributed by atoms with Gasteiger partial charge in [-0.1, -0.05) is 20.8 Å². The van der Waals surface area contributed by atoms with Crippen LogP contribution in [0.15, 0.2) is 0 Å². The van der Waals surface area contributed by atoms with Crippen LogP contribution in [-0.2, 0) is 9.47 Å². The van der Waals surface area contributed by atoms with Gasteiger partial charge in [0.1, 0.15) is 0 Å². The number of methoxy groups -OCH3 is 1. The average Bonchev–Trinajstić information content (AvgIpc) is 2.12. The predicted molar refractivity (Wildman–Crippen MR) is 53.8 cm³/mol. The molecule has 1 heterocycles. The van der Waals surface area contributed by atoms with Gasteiger partial charge in [0.2, 0.25) is 0 Å². The number of hydrogen-bond donors (Lipinski definition) is 0. The van der Waals surface area contributed by atoms with E-state index < -0.39 is 0 Å². The Morgan fingerprint density at radius 2 is 1.77 bits per heavy atom. The molecule has 0 aromatic heterocycles. The Kier molecular flexibility index (Phi) is 3.74. The molecule has 13 heavy (non-hydrogen) atoms. The third kappa shape index (κ3) is 2.05. The van der Waals surface area contributed by atoms with E-state index in [1.54, 1.807) is 0 Å². The molecular formula is C11H22O2. The van der Waals surface area contributed by atoms with Crippen molar-refractivity contribution in [3.8, 4) is 0 Å². The third-order valence-electron chi connectivity index (χ3n) is 3.43. The highest BCUT2D eigenvalue weighted by atomic mass is 16.5. The van der Waals surface area contributed by atoms with Crippen molar-refractivity contribution >= 4 is 0 Å². The van der Waals surface area contributed by atoms with E-state index in [0.29, 0.717) is 30.1 Å². The maximum absolute atomic E-state index is 5.91. The lowest BCUT2D eigenvalue weighted by molar-refractivity contribution is -0.166. The normalized spacial score (nSPS) is 46.4. The van der Waals surface area contributed by atoms with Crippen molar-refractivity contribution in [1.29, 1.82) is 0 Å². The highest BCUT2D eigenvalue weighted by Gasteiger charge is 2.38. The van der Waals surface area contributed by atoms with E-state index >= 15 is 0 Å². The molecule has 1 fully saturated rings. The van der Waals surface area contributed by atoms with Crippen molar-refractivity contribution in [3.63, 3.8) is 0 Å². The lowest BCUT2D eigenvalue weighted by Gasteiger charge is -2.43. The van der Waals surface area contributed by atoms with Crippen LogP contribution in [-0.4, -0.2) is 25.4 Å². The zero-order valence-corrected chi connectivity index (χ0v) is 9.41. The molecule has 0 saturated carbocycles. The lowest BCUT2D eigenvalue weighted by Crippen LogP contribution is -2.48. The van der Waals surface area contributed by atoms with Crippen molar-refractivity contribution in [2.24, 2.45) is 11.8 Å². The van der Waals surface area contributed by atoms with E-state index in [1.165, 1.54) is 0 Å². The van der Waals surface area contributed by atoms with Crippen molar-refractivity contribution in [2.45, 2.75) is 52.4 Å². The molecule has 1 saturated heterocycles. The monoisotopic (exact) mass is 186 g/mol. The minimum Gasteiger partial charge on any atom is -0.381 e. The van der Waals surface area contributed by atoms with Crippen LogP contribution in [0.2, 0.25) is 0 Å². The van der Waals surface area contributed by atoms with Gasteiger partial charge in [0.05, 0.1) is 18.3 Å². The second-order valence-corrected chi connectivity index (χ2v) is 4.21. The largest absolute Gasteiger partial charge is 0.381 e. The lowest BCUT2D eigenvalue weighted by atomic mass is 9.82. The van der Waals surface area contributed by atoms with E-state index in [2.05, 4.69) is 27.7 Å². The minimum absolute atomic E-state index is 0.325. The van der Waals surface area contributed by atoms with E-state index in [9.17, 15) is 0 Å². The van der Waals surface area contributed by atoms with Gasteiger partial charge in [-0.3, -0.25) is 0 Å². The first-order valence-electron chi connectivity index (χ1n) is 5.30. The SMILES string of the molecule is CCC1OC(C)C(C)C(OC)C1C. The fourth-order valence-corrected chi connectivity index (χ4v) is 2.38. The van der Waals surface area contributed by atoms with Crippen LogP contribution < -0.4 is 0 Å². The van der Waals surface area contributed by atoms with Crippen molar-refractivity contribution < 1.29 is 9.47 Å². The highest BCUT2D eigenvalue weighted by molar-refractivity contribution is 4.86. The quantitative estimate of drug-likeness (QED) is 0.659. The number of hydrogen-bond acceptors (Lipinski definition) is 2. The Morgan fingerprint density at radius 3 is 2.23 bits per heavy atom. The molecule has 0 aliphatic carbocycles. The molecule has 0 aromatic carbocycles. The van der Waals surface area contributed by atoms with Crippen LogP contribution in [0.1, 0.15) is 34.1 Å². The van der Waals surface area contributed by atoms with Crippen LogP contribution in [0.3, 0.4) is 0 Å². The Morgan fingerprint density at radius 1 is 1.15 bits per heavy atom. The molecule has 2 heteroatoms. The standard InChI is InChI=1S/C11H22O2/c1-6-10-8(3)11(12-5)7(2)9(4)13-10/h7-11H,6H2,1-5H3. The first-order valence-corrected chi connectivity index (χ1v) is 5.30. The minimum atomic E-state index is 0.325. The fourth-order valence-electron chi connectivity index (χ4n) is 2.38. The van der Waals surface area contributed by atoms with Gasteiger partial charge in [-0.2, -0.15) is 0 Å². The molecule has 1 aliphatic heterocycles. The summed E-state index contributed by atoms with van der Waals surface area (Å²) in [7, 11) is 1.81. The molecule has 5 atom stereocenters. The Balaban J connectivity index is 2.69. The summed E-state index contributed by atoms with van der Waals surface area (Å²) >= 11 is 0. The molecule has 0 bridgehead atoms. The van der Waals surface area contributed by atoms with Crippen LogP contribution in [0.4, 0.5) is 0 Å². The Bertz CT molecular complexity index is 158. The van der Waals surface area contributed by atoms with Crippen LogP contribution in [0.5, 0.6) is 0 Å². The van der Waals surface area contributed by atoms with Crippen molar-refractivity contribution in [3.05, 3.63) is 0 Å². The van der Waals surface area contributed by atoms with Crippen molar-refractivity contribution in [1.82, 2.24) is 0 Å². The maximum Gasteiger partial charge on any atom is 0.0671 e. The summed E-state index contributed by atoms with van der Waals surface area (Å²) in [6.45, 7) is 8.76. The molecule has 0 radical (unpaired) electrons. The van der Waals surface area contributed by atoms with Crippen molar-refractivity contribution in [2.75, 3.05) is 7.11 Å². The topological polar surface area (TPSA) is 18.5 Å². The number of rotatable bonds is 2. The number of ether oxygens (including phenoxy) is 2. The molecule has 0 spiro atoms. The molecule has 0 N–H and O–H groups in total. The zero-order valence-electron chi connectivity index (χ0n) is 9.41. The second-order valence-electron chi connectivity index (χ2n) is 4.21. The predicted octanol–water partition coefficient (Wildman–Crippen LogP) is 2.47. The summed E-state index contributed by atoms with van der Waals surface area (Å²) in [4.78, 5) is 0. The van der Waals surface area contributed by atoms with Gasteiger partial charge < -0.3 is 9.47 Å². The summed E-state index contributed by atoms with van der Waals surface area (Å²) in [5.41, 5.74) is 0. The smallest absolute Gasteiger partial charge is 0.0671 e. The van der Waals surface area contributed by atoms with Gasteiger partial charge in [0, 0.05) is 18.9 Å². The summed E-state index contributed by atoms with van der Waals surface area (Å²) in [5, 5.41) is 0. The first-order chi connectivity index (χ1) is 6.11. The van der Waals surface area contributed by atoms with Gasteiger partial charge in [0.15, 0.2) is 0 Å². The van der Waals surface area contributed by atoms with Crippen LogP contribution in [0.25, 0.3) is 0 Å². The maximum atomic E-state index is 5.91. The Hall–Kier alpha value is -0.0800. The van der Waals surface area contributed by atoms with Gasteiger partial charge in [-0.25, -0.2) is 0 Å². The molecule has 5 unspecified atom stereocenters. The Labute approximate surface area is 81.6 Å². The third-order valence-corrected chi connectivity index (χ3v) is 3.43. The molecule has 78 valence electrons. The fraction of sp³-hybridized carbons (Fsp3) is 1.00. The highest BCUT2D eigenvalue weighted by Crippen LogP contribution is 2.32. The van der Waals surface area contributed by atoms with Crippen LogP contribution >= 0.6 is 0 Å². The van der Waals surface area contributed by atoms with Gasteiger partial charge in [-0.05, 0) is 13.3 Å². The van der Waals surface area contributed by atoms with Crippen LogP contribution in [0, 0.1) is 11.8 Å². The molecular weight excluding hydrogens is 164 g/mol. The van der Waals surface area contributed by atoms with Gasteiger partial charge in [0.25, 0.3) is 0 Å². The van der Waals surface area contributed by atoms with Gasteiger partial charge in [-0.15, -0.1) is 0 Å². The molecule has 2 nitrogen and oxygen atoms in total. The molecule has 1 aliphatic rings. The van der Waals surface area contributed by atoms with Gasteiger partial charge >= 0.3 is 0 Å². The summed E-state index contributed by atoms with van der Waals surface area (Å²) in [5.74, 6) is 1.02. The van der Waals surface area contributed by atoms with E-state index in [4.69, 9.17) is 9.47 Å². The van der Waals surface area contributed by atoms with E-state index in [-0.39, 0.29) is 0 Å². The van der Waals surface area contributed by atoms with E-state index in [1.807, 2.05) is 7.11 Å². The second kappa shape index (κ2) is 4.43. The molecule has 0 amide bonds. The summed E-state index contributed by atoms with van der Waals surface area (Å²) in [6.07, 6.45) is 2.13. The zero-order chi connectivity index (χ0) is 10.0. The first kappa shape index (κ1) is 11.0. The van der Waals surface area contributed by atoms with E-state index in [0.717, 1.165) is 6.42 Å². The summed E-state index contributed by atoms with van der Waals surface area (Å²) < 4.78 is 11.5. The average molecular weight is 186 g/mol. The summed E-state index contributed by atoms with van der Waals surface area (Å²) in [6, 6.07) is 0. The molecule has 0 aromatic rings.